The van der Waals surface area contributed by atoms with Crippen molar-refractivity contribution < 1.29 is 63.9 Å². The summed E-state index contributed by atoms with van der Waals surface area (Å²) in [6.07, 6.45) is -15.8. The molecule has 0 aromatic carbocycles. The predicted octanol–water partition coefficient (Wildman–Crippen LogP) is -2.98. The smallest absolute Gasteiger partial charge is 0.308 e. The molecular formula is C20H34O13. The highest BCUT2D eigenvalue weighted by Gasteiger charge is 2.53. The van der Waals surface area contributed by atoms with Crippen LogP contribution in [0.15, 0.2) is 0 Å². The molecule has 33 heavy (non-hydrogen) atoms. The molecule has 13 nitrogen and oxygen atoms in total. The van der Waals surface area contributed by atoms with Crippen molar-refractivity contribution in [3.8, 4) is 0 Å². The van der Waals surface area contributed by atoms with Crippen LogP contribution >= 0.6 is 0 Å². The van der Waals surface area contributed by atoms with Gasteiger partial charge >= 0.3 is 11.9 Å². The standard InChI is InChI=1S/C20H34O13/c1-7(2)17(27)31-15-10(6-22)30-20(14(26)16(15)32-18(28)8(3)4)33-19-13(25)12(24)11(23)9(5-21)29-19/h7-16,19-26H,5-6H2,1-4H3/t9-,10-,11-,12+,13-,14-,15-,16-,19-,20-/m1/s1. The van der Waals surface area contributed by atoms with Crippen molar-refractivity contribution in [1.29, 1.82) is 0 Å². The second-order valence-corrected chi connectivity index (χ2v) is 8.66. The molecule has 0 aliphatic carbocycles. The second kappa shape index (κ2) is 11.8. The Morgan fingerprint density at radius 3 is 1.64 bits per heavy atom. The average Bonchev–Trinajstić information content (AvgIpc) is 2.77. The van der Waals surface area contributed by atoms with Crippen LogP contribution in [0.2, 0.25) is 0 Å². The summed E-state index contributed by atoms with van der Waals surface area (Å²) in [5, 5.41) is 60.0. The van der Waals surface area contributed by atoms with Crippen LogP contribution in [0.5, 0.6) is 0 Å². The van der Waals surface area contributed by atoms with Gasteiger partial charge in [0, 0.05) is 0 Å². The highest BCUT2D eigenvalue weighted by Crippen LogP contribution is 2.31. The molecule has 192 valence electrons. The van der Waals surface area contributed by atoms with Crippen molar-refractivity contribution in [2.24, 2.45) is 11.8 Å². The van der Waals surface area contributed by atoms with Crippen LogP contribution in [0.4, 0.5) is 0 Å². The third kappa shape index (κ3) is 6.38. The van der Waals surface area contributed by atoms with E-state index in [9.17, 15) is 40.2 Å². The molecule has 2 heterocycles. The van der Waals surface area contributed by atoms with Gasteiger partial charge in [0.05, 0.1) is 25.0 Å². The number of esters is 2. The Morgan fingerprint density at radius 2 is 1.15 bits per heavy atom. The van der Waals surface area contributed by atoms with Gasteiger partial charge in [-0.2, -0.15) is 0 Å². The number of carbonyl (C=O) groups is 2. The van der Waals surface area contributed by atoms with Crippen molar-refractivity contribution >= 4 is 11.9 Å². The van der Waals surface area contributed by atoms with Gasteiger partial charge in [-0.15, -0.1) is 0 Å². The fourth-order valence-electron chi connectivity index (χ4n) is 3.28. The Labute approximate surface area is 190 Å². The first-order valence-corrected chi connectivity index (χ1v) is 10.7. The lowest BCUT2D eigenvalue weighted by molar-refractivity contribution is -0.377. The van der Waals surface area contributed by atoms with Gasteiger partial charge in [0.1, 0.15) is 36.6 Å². The lowest BCUT2D eigenvalue weighted by Gasteiger charge is -2.46. The third-order valence-corrected chi connectivity index (χ3v) is 5.36. The predicted molar refractivity (Wildman–Crippen MR) is 106 cm³/mol. The number of aliphatic hydroxyl groups excluding tert-OH is 6. The Bertz CT molecular complexity index is 654. The molecule has 2 rings (SSSR count). The summed E-state index contributed by atoms with van der Waals surface area (Å²) in [6.45, 7) is 4.81. The van der Waals surface area contributed by atoms with E-state index in [4.69, 9.17) is 23.7 Å². The summed E-state index contributed by atoms with van der Waals surface area (Å²) in [5.74, 6) is -2.58. The van der Waals surface area contributed by atoms with Crippen molar-refractivity contribution in [2.75, 3.05) is 13.2 Å². The number of rotatable bonds is 8. The highest BCUT2D eigenvalue weighted by molar-refractivity contribution is 5.73. The molecular weight excluding hydrogens is 448 g/mol. The number of carbonyl (C=O) groups excluding carboxylic acids is 2. The minimum absolute atomic E-state index is 0.564. The van der Waals surface area contributed by atoms with E-state index in [1.165, 1.54) is 0 Å². The van der Waals surface area contributed by atoms with E-state index in [1.54, 1.807) is 27.7 Å². The van der Waals surface area contributed by atoms with Crippen LogP contribution in [0.1, 0.15) is 27.7 Å². The van der Waals surface area contributed by atoms with Crippen LogP contribution in [0.3, 0.4) is 0 Å². The van der Waals surface area contributed by atoms with Crippen LogP contribution in [0, 0.1) is 11.8 Å². The van der Waals surface area contributed by atoms with Crippen molar-refractivity contribution in [3.05, 3.63) is 0 Å². The van der Waals surface area contributed by atoms with E-state index < -0.39 is 98.4 Å². The zero-order chi connectivity index (χ0) is 25.0. The number of ether oxygens (including phenoxy) is 5. The van der Waals surface area contributed by atoms with Gasteiger partial charge in [0.15, 0.2) is 24.8 Å². The van der Waals surface area contributed by atoms with Crippen LogP contribution in [-0.2, 0) is 33.3 Å². The number of aliphatic hydroxyl groups is 6. The van der Waals surface area contributed by atoms with E-state index in [1.807, 2.05) is 0 Å². The van der Waals surface area contributed by atoms with Crippen molar-refractivity contribution in [1.82, 2.24) is 0 Å². The normalized spacial score (nSPS) is 39.5. The number of hydrogen-bond donors (Lipinski definition) is 6. The summed E-state index contributed by atoms with van der Waals surface area (Å²) in [7, 11) is 0. The Hall–Kier alpha value is -1.42. The van der Waals surface area contributed by atoms with Gasteiger partial charge in [-0.3, -0.25) is 9.59 Å². The van der Waals surface area contributed by atoms with Crippen LogP contribution in [0.25, 0.3) is 0 Å². The Balaban J connectivity index is 2.28. The molecule has 0 unspecified atom stereocenters. The largest absolute Gasteiger partial charge is 0.455 e. The van der Waals surface area contributed by atoms with E-state index >= 15 is 0 Å². The summed E-state index contributed by atoms with van der Waals surface area (Å²) < 4.78 is 26.9. The Morgan fingerprint density at radius 1 is 0.697 bits per heavy atom. The zero-order valence-corrected chi connectivity index (χ0v) is 18.9. The highest BCUT2D eigenvalue weighted by atomic mass is 16.8. The zero-order valence-electron chi connectivity index (χ0n) is 18.9. The molecule has 2 fully saturated rings. The molecule has 0 saturated carbocycles. The van der Waals surface area contributed by atoms with Gasteiger partial charge < -0.3 is 54.3 Å². The topological polar surface area (TPSA) is 202 Å². The van der Waals surface area contributed by atoms with Gasteiger partial charge in [-0.05, 0) is 0 Å². The van der Waals surface area contributed by atoms with E-state index in [2.05, 4.69) is 0 Å². The monoisotopic (exact) mass is 482 g/mol. The molecule has 0 aromatic heterocycles. The molecule has 2 aliphatic heterocycles. The first kappa shape index (κ1) is 27.8. The lowest BCUT2D eigenvalue weighted by Crippen LogP contribution is -2.65. The minimum atomic E-state index is -1.79. The molecule has 0 spiro atoms. The second-order valence-electron chi connectivity index (χ2n) is 8.66. The molecule has 0 radical (unpaired) electrons. The minimum Gasteiger partial charge on any atom is -0.455 e. The van der Waals surface area contributed by atoms with Gasteiger partial charge in [0.25, 0.3) is 0 Å². The first-order chi connectivity index (χ1) is 15.4. The van der Waals surface area contributed by atoms with Crippen LogP contribution in [-0.4, -0.2) is 117 Å². The molecule has 0 amide bonds. The van der Waals surface area contributed by atoms with Crippen molar-refractivity contribution in [2.45, 2.75) is 89.1 Å². The first-order valence-electron chi connectivity index (χ1n) is 10.7. The molecule has 10 atom stereocenters. The molecule has 13 heteroatoms. The summed E-state index contributed by atoms with van der Waals surface area (Å²) in [6, 6.07) is 0. The van der Waals surface area contributed by atoms with Crippen molar-refractivity contribution in [3.63, 3.8) is 0 Å². The third-order valence-electron chi connectivity index (χ3n) is 5.36. The fourth-order valence-corrected chi connectivity index (χ4v) is 3.28. The summed E-state index contributed by atoms with van der Waals surface area (Å²) >= 11 is 0. The quantitative estimate of drug-likeness (QED) is 0.191. The number of hydrogen-bond acceptors (Lipinski definition) is 13. The molecule has 2 saturated heterocycles. The van der Waals surface area contributed by atoms with E-state index in [0.29, 0.717) is 0 Å². The van der Waals surface area contributed by atoms with Gasteiger partial charge in [-0.25, -0.2) is 0 Å². The molecule has 2 aliphatic rings. The maximum absolute atomic E-state index is 12.3. The van der Waals surface area contributed by atoms with Gasteiger partial charge in [-0.1, -0.05) is 27.7 Å². The molecule has 6 N–H and O–H groups in total. The Kier molecular flexibility index (Phi) is 9.96. The van der Waals surface area contributed by atoms with E-state index in [0.717, 1.165) is 0 Å². The van der Waals surface area contributed by atoms with E-state index in [-0.39, 0.29) is 0 Å². The lowest BCUT2D eigenvalue weighted by atomic mass is 9.97. The fraction of sp³-hybridized carbons (Fsp3) is 0.900. The summed E-state index contributed by atoms with van der Waals surface area (Å²) in [5.41, 5.74) is 0. The van der Waals surface area contributed by atoms with Gasteiger partial charge in [0.2, 0.25) is 0 Å². The molecule has 0 bridgehead atoms. The maximum atomic E-state index is 12.3. The SMILES string of the molecule is CC(C)C(=O)O[C@@H]1[C@@H](O)[C@@H](O[C@H]2O[C@H](CO)[C@@H](O)[C@H](O)[C@H]2O)O[C@H](CO)[C@H]1OC(=O)C(C)C. The van der Waals surface area contributed by atoms with Crippen LogP contribution < -0.4 is 0 Å². The average molecular weight is 482 g/mol. The maximum Gasteiger partial charge on any atom is 0.308 e. The molecule has 0 aromatic rings. The summed E-state index contributed by atoms with van der Waals surface area (Å²) in [4.78, 5) is 24.4.